The smallest absolute Gasteiger partial charge is 0.323 e. The number of amides is 3. The lowest BCUT2D eigenvalue weighted by atomic mass is 10.3. The molecule has 56 valence electrons. The highest BCUT2D eigenvalue weighted by molar-refractivity contribution is 9.10. The van der Waals surface area contributed by atoms with Crippen LogP contribution in [0.3, 0.4) is 0 Å². The lowest BCUT2D eigenvalue weighted by molar-refractivity contribution is -0.122. The topological polar surface area (TPSA) is 78.4 Å². The molecular formula is C4H5BrN2O3. The molecule has 0 aromatic carbocycles. The molecule has 2 unspecified atom stereocenters. The normalized spacial score (nSPS) is 33.0. The molecular weight excluding hydrogens is 204 g/mol. The fraction of sp³-hybridized carbons (Fsp3) is 0.500. The van der Waals surface area contributed by atoms with E-state index in [0.717, 1.165) is 0 Å². The van der Waals surface area contributed by atoms with Gasteiger partial charge in [-0.2, -0.15) is 0 Å². The molecule has 1 heterocycles. The molecule has 3 N–H and O–H groups in total. The highest BCUT2D eigenvalue weighted by Gasteiger charge is 2.31. The van der Waals surface area contributed by atoms with Crippen molar-refractivity contribution in [2.24, 2.45) is 0 Å². The van der Waals surface area contributed by atoms with Crippen molar-refractivity contribution in [1.29, 1.82) is 0 Å². The summed E-state index contributed by atoms with van der Waals surface area (Å²) in [5.74, 6) is -0.531. The average Bonchev–Trinajstić information content (AvgIpc) is 1.82. The summed E-state index contributed by atoms with van der Waals surface area (Å²) in [4.78, 5) is 20.3. The van der Waals surface area contributed by atoms with Crippen LogP contribution in [0, 0.1) is 0 Å². The van der Waals surface area contributed by atoms with Crippen LogP contribution in [-0.4, -0.2) is 28.1 Å². The van der Waals surface area contributed by atoms with E-state index in [1.54, 1.807) is 0 Å². The monoisotopic (exact) mass is 208 g/mol. The molecule has 2 atom stereocenters. The third kappa shape index (κ3) is 1.27. The predicted octanol–water partition coefficient (Wildman–Crippen LogP) is -1.09. The SMILES string of the molecule is O=C1NC(=O)C(Br)C(O)N1. The van der Waals surface area contributed by atoms with Crippen molar-refractivity contribution < 1.29 is 14.7 Å². The molecule has 10 heavy (non-hydrogen) atoms. The zero-order chi connectivity index (χ0) is 7.72. The lowest BCUT2D eigenvalue weighted by Crippen LogP contribution is -2.58. The Bertz CT molecular complexity index is 183. The van der Waals surface area contributed by atoms with Gasteiger partial charge < -0.3 is 10.4 Å². The van der Waals surface area contributed by atoms with Crippen LogP contribution in [0.2, 0.25) is 0 Å². The van der Waals surface area contributed by atoms with E-state index in [2.05, 4.69) is 21.2 Å². The van der Waals surface area contributed by atoms with Gasteiger partial charge >= 0.3 is 6.03 Å². The van der Waals surface area contributed by atoms with E-state index < -0.39 is 23.0 Å². The summed E-state index contributed by atoms with van der Waals surface area (Å²) in [5, 5.41) is 12.9. The van der Waals surface area contributed by atoms with Crippen LogP contribution in [0.4, 0.5) is 4.79 Å². The van der Waals surface area contributed by atoms with Crippen LogP contribution >= 0.6 is 15.9 Å². The number of rotatable bonds is 0. The molecule has 1 saturated heterocycles. The maximum Gasteiger partial charge on any atom is 0.323 e. The molecule has 0 aromatic rings. The Morgan fingerprint density at radius 3 is 2.60 bits per heavy atom. The number of aliphatic hydroxyl groups excluding tert-OH is 1. The Labute approximate surface area is 64.9 Å². The predicted molar refractivity (Wildman–Crippen MR) is 35.4 cm³/mol. The van der Waals surface area contributed by atoms with Crippen LogP contribution in [0.5, 0.6) is 0 Å². The number of halogens is 1. The van der Waals surface area contributed by atoms with E-state index in [0.29, 0.717) is 0 Å². The van der Waals surface area contributed by atoms with Gasteiger partial charge in [0.15, 0.2) is 0 Å². The van der Waals surface area contributed by atoms with E-state index in [1.165, 1.54) is 0 Å². The second kappa shape index (κ2) is 2.55. The number of carbonyl (C=O) groups is 2. The molecule has 0 saturated carbocycles. The minimum absolute atomic E-state index is 0.531. The number of alkyl halides is 1. The summed E-state index contributed by atoms with van der Waals surface area (Å²) in [6.45, 7) is 0. The third-order valence-electron chi connectivity index (χ3n) is 1.04. The number of carbonyl (C=O) groups excluding carboxylic acids is 2. The summed E-state index contributed by atoms with van der Waals surface area (Å²) in [7, 11) is 0. The first-order chi connectivity index (χ1) is 4.61. The number of imide groups is 1. The zero-order valence-electron chi connectivity index (χ0n) is 4.80. The molecule has 0 spiro atoms. The van der Waals surface area contributed by atoms with Crippen LogP contribution in [0.1, 0.15) is 0 Å². The first-order valence-electron chi connectivity index (χ1n) is 2.55. The molecule has 0 bridgehead atoms. The standard InChI is InChI=1S/C4H5BrN2O3/c5-1-2(8)6-4(10)7-3(1)9/h1-2,8H,(H2,6,7,9,10). The molecule has 0 aliphatic carbocycles. The number of nitrogens with one attached hydrogen (secondary N) is 2. The average molecular weight is 209 g/mol. The lowest BCUT2D eigenvalue weighted by Gasteiger charge is -2.22. The highest BCUT2D eigenvalue weighted by atomic mass is 79.9. The molecule has 1 aliphatic rings. The summed E-state index contributed by atoms with van der Waals surface area (Å²) < 4.78 is 0. The molecule has 1 fully saturated rings. The van der Waals surface area contributed by atoms with Crippen molar-refractivity contribution in [3.05, 3.63) is 0 Å². The van der Waals surface area contributed by atoms with Crippen molar-refractivity contribution in [3.63, 3.8) is 0 Å². The molecule has 1 aliphatic heterocycles. The molecule has 3 amide bonds. The summed E-state index contributed by atoms with van der Waals surface area (Å²) >= 11 is 2.87. The van der Waals surface area contributed by atoms with E-state index in [1.807, 2.05) is 5.32 Å². The Balaban J connectivity index is 2.66. The van der Waals surface area contributed by atoms with Gasteiger partial charge in [0.25, 0.3) is 0 Å². The van der Waals surface area contributed by atoms with Crippen LogP contribution in [-0.2, 0) is 4.79 Å². The van der Waals surface area contributed by atoms with Crippen LogP contribution in [0.15, 0.2) is 0 Å². The number of hydrogen-bond donors (Lipinski definition) is 3. The van der Waals surface area contributed by atoms with Gasteiger partial charge in [-0.1, -0.05) is 15.9 Å². The first kappa shape index (κ1) is 7.49. The van der Waals surface area contributed by atoms with Crippen molar-refractivity contribution in [2.75, 3.05) is 0 Å². The molecule has 1 rings (SSSR count). The molecule has 0 radical (unpaired) electrons. The van der Waals surface area contributed by atoms with E-state index >= 15 is 0 Å². The second-order valence-electron chi connectivity index (χ2n) is 1.81. The van der Waals surface area contributed by atoms with Gasteiger partial charge in [-0.15, -0.1) is 0 Å². The summed E-state index contributed by atoms with van der Waals surface area (Å²) in [6, 6.07) is -0.673. The number of urea groups is 1. The molecule has 6 heteroatoms. The fourth-order valence-corrected chi connectivity index (χ4v) is 0.814. The maximum atomic E-state index is 10.6. The minimum Gasteiger partial charge on any atom is -0.372 e. The van der Waals surface area contributed by atoms with Crippen LogP contribution < -0.4 is 10.6 Å². The number of aliphatic hydroxyl groups is 1. The molecule has 5 nitrogen and oxygen atoms in total. The van der Waals surface area contributed by atoms with Gasteiger partial charge in [0.2, 0.25) is 5.91 Å². The minimum atomic E-state index is -1.14. The largest absolute Gasteiger partial charge is 0.372 e. The maximum absolute atomic E-state index is 10.6. The van der Waals surface area contributed by atoms with E-state index in [-0.39, 0.29) is 0 Å². The first-order valence-corrected chi connectivity index (χ1v) is 3.46. The molecule has 0 aromatic heterocycles. The van der Waals surface area contributed by atoms with Crippen LogP contribution in [0.25, 0.3) is 0 Å². The van der Waals surface area contributed by atoms with Gasteiger partial charge in [0, 0.05) is 0 Å². The number of hydrogen-bond acceptors (Lipinski definition) is 3. The van der Waals surface area contributed by atoms with E-state index in [9.17, 15) is 9.59 Å². The summed E-state index contributed by atoms with van der Waals surface area (Å²) in [5.41, 5.74) is 0. The Morgan fingerprint density at radius 1 is 1.50 bits per heavy atom. The van der Waals surface area contributed by atoms with Crippen molar-refractivity contribution >= 4 is 27.9 Å². The Morgan fingerprint density at radius 2 is 2.10 bits per heavy atom. The van der Waals surface area contributed by atoms with Crippen molar-refractivity contribution in [3.8, 4) is 0 Å². The van der Waals surface area contributed by atoms with Gasteiger partial charge in [0.05, 0.1) is 0 Å². The van der Waals surface area contributed by atoms with Gasteiger partial charge in [0.1, 0.15) is 11.1 Å². The van der Waals surface area contributed by atoms with E-state index in [4.69, 9.17) is 5.11 Å². The van der Waals surface area contributed by atoms with Crippen molar-refractivity contribution in [1.82, 2.24) is 10.6 Å². The van der Waals surface area contributed by atoms with Crippen molar-refractivity contribution in [2.45, 2.75) is 11.1 Å². The van der Waals surface area contributed by atoms with Gasteiger partial charge in [-0.3, -0.25) is 10.1 Å². The summed E-state index contributed by atoms with van der Waals surface area (Å²) in [6.07, 6.45) is -1.14. The zero-order valence-corrected chi connectivity index (χ0v) is 6.38. The quantitative estimate of drug-likeness (QED) is 0.443. The third-order valence-corrected chi connectivity index (χ3v) is 1.96. The Hall–Kier alpha value is -0.620. The fourth-order valence-electron chi connectivity index (χ4n) is 0.568. The highest BCUT2D eigenvalue weighted by Crippen LogP contribution is 2.06. The van der Waals surface area contributed by atoms with Gasteiger partial charge in [-0.05, 0) is 0 Å². The van der Waals surface area contributed by atoms with Gasteiger partial charge in [-0.25, -0.2) is 4.79 Å². The second-order valence-corrected chi connectivity index (χ2v) is 2.80. The Kier molecular flexibility index (Phi) is 1.91.